The maximum atomic E-state index is 12.4. The van der Waals surface area contributed by atoms with Gasteiger partial charge in [0, 0.05) is 31.3 Å². The molecule has 1 aliphatic heterocycles. The zero-order valence-electron chi connectivity index (χ0n) is 15.0. The standard InChI is InChI=1S/C17H28N4O2S/c1-11(2)10-15-19-20-17(24-15)18-14(22)8-9-16(23)21-12(3)6-5-7-13(21)4/h11-13H,5-10H2,1-4H3,(H,18,20,22)/t12-,13-/m0/s1. The number of hydrogen-bond acceptors (Lipinski definition) is 5. The Labute approximate surface area is 148 Å². The van der Waals surface area contributed by atoms with Gasteiger partial charge in [0.1, 0.15) is 5.01 Å². The fourth-order valence-electron chi connectivity index (χ4n) is 3.18. The van der Waals surface area contributed by atoms with Crippen LogP contribution in [0.15, 0.2) is 0 Å². The molecule has 1 aromatic heterocycles. The van der Waals surface area contributed by atoms with Crippen LogP contribution < -0.4 is 5.32 Å². The maximum absolute atomic E-state index is 12.4. The summed E-state index contributed by atoms with van der Waals surface area (Å²) in [6.07, 6.45) is 4.56. The zero-order chi connectivity index (χ0) is 17.7. The van der Waals surface area contributed by atoms with Crippen molar-refractivity contribution in [1.29, 1.82) is 0 Å². The summed E-state index contributed by atoms with van der Waals surface area (Å²) in [6, 6.07) is 0.539. The Morgan fingerprint density at radius 1 is 1.21 bits per heavy atom. The summed E-state index contributed by atoms with van der Waals surface area (Å²) in [5.74, 6) is 0.406. The van der Waals surface area contributed by atoms with Crippen LogP contribution in [0, 0.1) is 5.92 Å². The number of amides is 2. The van der Waals surface area contributed by atoms with Crippen molar-refractivity contribution in [3.8, 4) is 0 Å². The Balaban J connectivity index is 1.80. The lowest BCUT2D eigenvalue weighted by Gasteiger charge is -2.39. The average molecular weight is 353 g/mol. The van der Waals surface area contributed by atoms with Crippen molar-refractivity contribution in [2.75, 3.05) is 5.32 Å². The molecular formula is C17H28N4O2S. The van der Waals surface area contributed by atoms with E-state index >= 15 is 0 Å². The Hall–Kier alpha value is -1.50. The fraction of sp³-hybridized carbons (Fsp3) is 0.765. The van der Waals surface area contributed by atoms with Crippen molar-refractivity contribution in [3.05, 3.63) is 5.01 Å². The molecule has 0 bridgehead atoms. The van der Waals surface area contributed by atoms with E-state index in [1.54, 1.807) is 0 Å². The largest absolute Gasteiger partial charge is 0.337 e. The lowest BCUT2D eigenvalue weighted by molar-refractivity contribution is -0.138. The van der Waals surface area contributed by atoms with Gasteiger partial charge in [0.15, 0.2) is 0 Å². The molecule has 0 aromatic carbocycles. The minimum absolute atomic E-state index is 0.0719. The van der Waals surface area contributed by atoms with Gasteiger partial charge in [0.05, 0.1) is 0 Å². The summed E-state index contributed by atoms with van der Waals surface area (Å²) in [6.45, 7) is 8.41. The molecule has 1 fully saturated rings. The van der Waals surface area contributed by atoms with Gasteiger partial charge in [-0.05, 0) is 39.0 Å². The average Bonchev–Trinajstić information content (AvgIpc) is 2.91. The third-order valence-corrected chi connectivity index (χ3v) is 5.20. The number of nitrogens with zero attached hydrogens (tertiary/aromatic N) is 3. The first kappa shape index (κ1) is 18.8. The Morgan fingerprint density at radius 3 is 2.50 bits per heavy atom. The second-order valence-electron chi connectivity index (χ2n) is 7.08. The Kier molecular flexibility index (Phi) is 6.71. The third-order valence-electron chi connectivity index (χ3n) is 4.34. The fourth-order valence-corrected chi connectivity index (χ4v) is 4.15. The van der Waals surface area contributed by atoms with Crippen LogP contribution in [-0.2, 0) is 16.0 Å². The van der Waals surface area contributed by atoms with Gasteiger partial charge in [-0.3, -0.25) is 9.59 Å². The highest BCUT2D eigenvalue weighted by atomic mass is 32.1. The van der Waals surface area contributed by atoms with Crippen LogP contribution >= 0.6 is 11.3 Å². The normalized spacial score (nSPS) is 21.1. The molecule has 1 saturated heterocycles. The number of carbonyl (C=O) groups is 2. The van der Waals surface area contributed by atoms with E-state index in [1.807, 2.05) is 4.90 Å². The molecule has 2 rings (SSSR count). The molecule has 2 heterocycles. The summed E-state index contributed by atoms with van der Waals surface area (Å²) in [4.78, 5) is 26.4. The number of anilines is 1. The highest BCUT2D eigenvalue weighted by Gasteiger charge is 2.28. The highest BCUT2D eigenvalue weighted by Crippen LogP contribution is 2.24. The van der Waals surface area contributed by atoms with Crippen molar-refractivity contribution >= 4 is 28.3 Å². The number of likely N-dealkylation sites (tertiary alicyclic amines) is 1. The molecule has 6 nitrogen and oxygen atoms in total. The van der Waals surface area contributed by atoms with Gasteiger partial charge in [0.2, 0.25) is 16.9 Å². The summed E-state index contributed by atoms with van der Waals surface area (Å²) in [7, 11) is 0. The van der Waals surface area contributed by atoms with E-state index in [2.05, 4.69) is 43.2 Å². The van der Waals surface area contributed by atoms with E-state index in [4.69, 9.17) is 0 Å². The van der Waals surface area contributed by atoms with Crippen molar-refractivity contribution in [2.45, 2.75) is 78.3 Å². The first-order valence-electron chi connectivity index (χ1n) is 8.80. The van der Waals surface area contributed by atoms with Gasteiger partial charge in [-0.25, -0.2) is 0 Å². The van der Waals surface area contributed by atoms with Gasteiger partial charge >= 0.3 is 0 Å². The van der Waals surface area contributed by atoms with Gasteiger partial charge in [0.25, 0.3) is 0 Å². The van der Waals surface area contributed by atoms with E-state index in [1.165, 1.54) is 17.8 Å². The number of aromatic nitrogens is 2. The number of piperidine rings is 1. The highest BCUT2D eigenvalue weighted by molar-refractivity contribution is 7.15. The summed E-state index contributed by atoms with van der Waals surface area (Å²) in [5.41, 5.74) is 0. The van der Waals surface area contributed by atoms with Gasteiger partial charge in [-0.1, -0.05) is 25.2 Å². The minimum atomic E-state index is -0.173. The molecule has 0 unspecified atom stereocenters. The van der Waals surface area contributed by atoms with Crippen molar-refractivity contribution in [3.63, 3.8) is 0 Å². The minimum Gasteiger partial charge on any atom is -0.337 e. The molecule has 2 amide bonds. The van der Waals surface area contributed by atoms with Crippen LogP contribution in [0.25, 0.3) is 0 Å². The monoisotopic (exact) mass is 352 g/mol. The number of carbonyl (C=O) groups excluding carboxylic acids is 2. The van der Waals surface area contributed by atoms with Crippen LogP contribution in [0.3, 0.4) is 0 Å². The van der Waals surface area contributed by atoms with E-state index in [9.17, 15) is 9.59 Å². The molecule has 1 aliphatic rings. The molecule has 7 heteroatoms. The first-order chi connectivity index (χ1) is 11.4. The van der Waals surface area contributed by atoms with E-state index in [0.29, 0.717) is 11.0 Å². The molecule has 134 valence electrons. The molecule has 1 N–H and O–H groups in total. The first-order valence-corrected chi connectivity index (χ1v) is 9.62. The summed E-state index contributed by atoms with van der Waals surface area (Å²) in [5, 5.41) is 12.3. The molecule has 0 radical (unpaired) electrons. The van der Waals surface area contributed by atoms with Crippen LogP contribution in [-0.4, -0.2) is 39.0 Å². The second kappa shape index (κ2) is 8.55. The van der Waals surface area contributed by atoms with Crippen LogP contribution in [0.2, 0.25) is 0 Å². The quantitative estimate of drug-likeness (QED) is 0.853. The topological polar surface area (TPSA) is 75.2 Å². The predicted octanol–water partition coefficient (Wildman–Crippen LogP) is 3.24. The van der Waals surface area contributed by atoms with Gasteiger partial charge < -0.3 is 10.2 Å². The Bertz CT molecular complexity index is 563. The van der Waals surface area contributed by atoms with E-state index in [0.717, 1.165) is 24.3 Å². The molecule has 2 atom stereocenters. The molecule has 24 heavy (non-hydrogen) atoms. The SMILES string of the molecule is CC(C)Cc1nnc(NC(=O)CCC(=O)N2[C@@H](C)CCC[C@@H]2C)s1. The van der Waals surface area contributed by atoms with Crippen LogP contribution in [0.1, 0.15) is 64.8 Å². The molecule has 1 aromatic rings. The predicted molar refractivity (Wildman–Crippen MR) is 95.9 cm³/mol. The lowest BCUT2D eigenvalue weighted by atomic mass is 9.97. The Morgan fingerprint density at radius 2 is 1.88 bits per heavy atom. The molecule has 0 aliphatic carbocycles. The van der Waals surface area contributed by atoms with Crippen molar-refractivity contribution < 1.29 is 9.59 Å². The summed E-state index contributed by atoms with van der Waals surface area (Å²) < 4.78 is 0. The molecule has 0 spiro atoms. The third kappa shape index (κ3) is 5.26. The smallest absolute Gasteiger partial charge is 0.226 e. The number of hydrogen-bond donors (Lipinski definition) is 1. The van der Waals surface area contributed by atoms with Crippen LogP contribution in [0.5, 0.6) is 0 Å². The van der Waals surface area contributed by atoms with Gasteiger partial charge in [-0.2, -0.15) is 0 Å². The lowest BCUT2D eigenvalue weighted by Crippen LogP contribution is -2.47. The van der Waals surface area contributed by atoms with E-state index in [-0.39, 0.29) is 36.7 Å². The van der Waals surface area contributed by atoms with Gasteiger partial charge in [-0.15, -0.1) is 10.2 Å². The number of rotatable bonds is 6. The molecular weight excluding hydrogens is 324 g/mol. The maximum Gasteiger partial charge on any atom is 0.226 e. The van der Waals surface area contributed by atoms with Crippen molar-refractivity contribution in [2.24, 2.45) is 5.92 Å². The van der Waals surface area contributed by atoms with E-state index < -0.39 is 0 Å². The number of nitrogens with one attached hydrogen (secondary N) is 1. The summed E-state index contributed by atoms with van der Waals surface area (Å²) >= 11 is 1.40. The second-order valence-corrected chi connectivity index (χ2v) is 8.14. The molecule has 0 saturated carbocycles. The van der Waals surface area contributed by atoms with Crippen LogP contribution in [0.4, 0.5) is 5.13 Å². The van der Waals surface area contributed by atoms with Crippen molar-refractivity contribution in [1.82, 2.24) is 15.1 Å². The zero-order valence-corrected chi connectivity index (χ0v) is 15.9.